The SMILES string of the molecule is CCC(NC1CCC(C)C1)c1ccccc1F. The Balaban J connectivity index is 2.04. The number of halogens is 1. The van der Waals surface area contributed by atoms with Gasteiger partial charge in [-0.2, -0.15) is 0 Å². The van der Waals surface area contributed by atoms with Crippen molar-refractivity contribution in [3.05, 3.63) is 35.6 Å². The maximum absolute atomic E-state index is 13.7. The van der Waals surface area contributed by atoms with E-state index in [-0.39, 0.29) is 11.9 Å². The number of benzene rings is 1. The minimum absolute atomic E-state index is 0.0853. The lowest BCUT2D eigenvalue weighted by molar-refractivity contribution is 0.410. The molecule has 1 nitrogen and oxygen atoms in total. The third-order valence-corrected chi connectivity index (χ3v) is 3.82. The van der Waals surface area contributed by atoms with Crippen LogP contribution in [0, 0.1) is 11.7 Å². The molecule has 1 aromatic rings. The summed E-state index contributed by atoms with van der Waals surface area (Å²) in [5.74, 6) is 0.725. The van der Waals surface area contributed by atoms with Crippen molar-refractivity contribution in [3.63, 3.8) is 0 Å². The van der Waals surface area contributed by atoms with Gasteiger partial charge in [0.15, 0.2) is 0 Å². The Morgan fingerprint density at radius 3 is 2.71 bits per heavy atom. The minimum Gasteiger partial charge on any atom is -0.307 e. The average Bonchev–Trinajstić information content (AvgIpc) is 2.73. The fourth-order valence-corrected chi connectivity index (χ4v) is 2.83. The van der Waals surface area contributed by atoms with Gasteiger partial charge >= 0.3 is 0 Å². The highest BCUT2D eigenvalue weighted by Crippen LogP contribution is 2.28. The topological polar surface area (TPSA) is 12.0 Å². The van der Waals surface area contributed by atoms with Gasteiger partial charge in [0.25, 0.3) is 0 Å². The van der Waals surface area contributed by atoms with Crippen molar-refractivity contribution in [1.29, 1.82) is 0 Å². The van der Waals surface area contributed by atoms with E-state index in [9.17, 15) is 4.39 Å². The van der Waals surface area contributed by atoms with Crippen LogP contribution in [0.2, 0.25) is 0 Å². The Morgan fingerprint density at radius 2 is 2.12 bits per heavy atom. The number of rotatable bonds is 4. The van der Waals surface area contributed by atoms with E-state index in [2.05, 4.69) is 19.2 Å². The highest BCUT2D eigenvalue weighted by atomic mass is 19.1. The van der Waals surface area contributed by atoms with Crippen LogP contribution in [0.1, 0.15) is 51.1 Å². The molecule has 0 aromatic heterocycles. The molecule has 2 heteroatoms. The summed E-state index contributed by atoms with van der Waals surface area (Å²) in [6.45, 7) is 4.41. The lowest BCUT2D eigenvalue weighted by Gasteiger charge is -2.22. The summed E-state index contributed by atoms with van der Waals surface area (Å²) in [5, 5.41) is 3.61. The molecule has 0 saturated heterocycles. The van der Waals surface area contributed by atoms with Crippen LogP contribution in [0.25, 0.3) is 0 Å². The Morgan fingerprint density at radius 1 is 1.35 bits per heavy atom. The largest absolute Gasteiger partial charge is 0.307 e. The van der Waals surface area contributed by atoms with Crippen molar-refractivity contribution in [2.24, 2.45) is 5.92 Å². The molecule has 3 unspecified atom stereocenters. The predicted molar refractivity (Wildman–Crippen MR) is 69.4 cm³/mol. The van der Waals surface area contributed by atoms with Crippen LogP contribution in [0.5, 0.6) is 0 Å². The summed E-state index contributed by atoms with van der Waals surface area (Å²) in [7, 11) is 0. The van der Waals surface area contributed by atoms with E-state index in [1.165, 1.54) is 19.3 Å². The minimum atomic E-state index is -0.0853. The zero-order valence-corrected chi connectivity index (χ0v) is 10.7. The standard InChI is InChI=1S/C15H22FN/c1-3-15(13-6-4-5-7-14(13)16)17-12-9-8-11(2)10-12/h4-7,11-12,15,17H,3,8-10H2,1-2H3. The Labute approximate surface area is 103 Å². The summed E-state index contributed by atoms with van der Waals surface area (Å²) in [6.07, 6.45) is 4.69. The molecule has 0 bridgehead atoms. The normalized spacial score (nSPS) is 26.1. The number of nitrogens with one attached hydrogen (secondary N) is 1. The van der Waals surface area contributed by atoms with Crippen LogP contribution in [0.4, 0.5) is 4.39 Å². The highest BCUT2D eigenvalue weighted by molar-refractivity contribution is 5.21. The molecule has 1 aliphatic carbocycles. The van der Waals surface area contributed by atoms with Crippen LogP contribution >= 0.6 is 0 Å². The molecule has 0 heterocycles. The van der Waals surface area contributed by atoms with Gasteiger partial charge in [-0.25, -0.2) is 4.39 Å². The van der Waals surface area contributed by atoms with Gasteiger partial charge in [0.05, 0.1) is 0 Å². The van der Waals surface area contributed by atoms with Crippen molar-refractivity contribution < 1.29 is 4.39 Å². The molecule has 17 heavy (non-hydrogen) atoms. The Bertz CT molecular complexity index is 364. The molecular formula is C15H22FN. The van der Waals surface area contributed by atoms with E-state index in [4.69, 9.17) is 0 Å². The van der Waals surface area contributed by atoms with Crippen molar-refractivity contribution >= 4 is 0 Å². The fourth-order valence-electron chi connectivity index (χ4n) is 2.83. The van der Waals surface area contributed by atoms with E-state index < -0.39 is 0 Å². The monoisotopic (exact) mass is 235 g/mol. The van der Waals surface area contributed by atoms with Gasteiger partial charge in [0.2, 0.25) is 0 Å². The molecule has 1 fully saturated rings. The van der Waals surface area contributed by atoms with E-state index >= 15 is 0 Å². The lowest BCUT2D eigenvalue weighted by Crippen LogP contribution is -2.31. The zero-order valence-electron chi connectivity index (χ0n) is 10.7. The summed E-state index contributed by atoms with van der Waals surface area (Å²) in [6, 6.07) is 7.84. The first kappa shape index (κ1) is 12.6. The summed E-state index contributed by atoms with van der Waals surface area (Å²) in [5.41, 5.74) is 0.814. The van der Waals surface area contributed by atoms with Crippen LogP contribution in [-0.4, -0.2) is 6.04 Å². The molecule has 1 aliphatic rings. The zero-order chi connectivity index (χ0) is 12.3. The van der Waals surface area contributed by atoms with Crippen molar-refractivity contribution in [3.8, 4) is 0 Å². The molecule has 3 atom stereocenters. The first-order valence-electron chi connectivity index (χ1n) is 6.71. The second-order valence-electron chi connectivity index (χ2n) is 5.26. The summed E-state index contributed by atoms with van der Waals surface area (Å²) in [4.78, 5) is 0. The molecule has 1 aromatic carbocycles. The second kappa shape index (κ2) is 5.63. The van der Waals surface area contributed by atoms with Gasteiger partial charge < -0.3 is 5.32 Å². The molecule has 94 valence electrons. The van der Waals surface area contributed by atoms with Gasteiger partial charge in [-0.3, -0.25) is 0 Å². The van der Waals surface area contributed by atoms with Crippen LogP contribution in [0.15, 0.2) is 24.3 Å². The maximum atomic E-state index is 13.7. The predicted octanol–water partition coefficient (Wildman–Crippen LogP) is 4.06. The fraction of sp³-hybridized carbons (Fsp3) is 0.600. The molecule has 1 N–H and O–H groups in total. The summed E-state index contributed by atoms with van der Waals surface area (Å²) < 4.78 is 13.7. The van der Waals surface area contributed by atoms with Crippen LogP contribution < -0.4 is 5.32 Å². The van der Waals surface area contributed by atoms with Gasteiger partial charge in [-0.1, -0.05) is 32.0 Å². The van der Waals surface area contributed by atoms with E-state index in [1.807, 2.05) is 12.1 Å². The van der Waals surface area contributed by atoms with Crippen molar-refractivity contribution in [1.82, 2.24) is 5.32 Å². The smallest absolute Gasteiger partial charge is 0.127 e. The third-order valence-electron chi connectivity index (χ3n) is 3.82. The molecule has 2 rings (SSSR count). The third kappa shape index (κ3) is 3.06. The Hall–Kier alpha value is -0.890. The van der Waals surface area contributed by atoms with E-state index in [1.54, 1.807) is 12.1 Å². The molecule has 0 aliphatic heterocycles. The molecule has 0 radical (unpaired) electrons. The molecular weight excluding hydrogens is 213 g/mol. The van der Waals surface area contributed by atoms with Crippen LogP contribution in [0.3, 0.4) is 0 Å². The van der Waals surface area contributed by atoms with Crippen molar-refractivity contribution in [2.75, 3.05) is 0 Å². The van der Waals surface area contributed by atoms with E-state index in [0.717, 1.165) is 17.9 Å². The quantitative estimate of drug-likeness (QED) is 0.830. The molecule has 0 spiro atoms. The van der Waals surface area contributed by atoms with Crippen LogP contribution in [-0.2, 0) is 0 Å². The van der Waals surface area contributed by atoms with Gasteiger partial charge in [-0.15, -0.1) is 0 Å². The summed E-state index contributed by atoms with van der Waals surface area (Å²) >= 11 is 0. The van der Waals surface area contributed by atoms with E-state index in [0.29, 0.717) is 6.04 Å². The first-order valence-corrected chi connectivity index (χ1v) is 6.71. The lowest BCUT2D eigenvalue weighted by atomic mass is 10.0. The second-order valence-corrected chi connectivity index (χ2v) is 5.26. The molecule has 1 saturated carbocycles. The van der Waals surface area contributed by atoms with Crippen molar-refractivity contribution in [2.45, 2.75) is 51.6 Å². The number of hydrogen-bond acceptors (Lipinski definition) is 1. The molecule has 0 amide bonds. The van der Waals surface area contributed by atoms with Gasteiger partial charge in [-0.05, 0) is 37.7 Å². The maximum Gasteiger partial charge on any atom is 0.127 e. The highest BCUT2D eigenvalue weighted by Gasteiger charge is 2.24. The average molecular weight is 235 g/mol. The first-order chi connectivity index (χ1) is 8.20. The number of hydrogen-bond donors (Lipinski definition) is 1. The van der Waals surface area contributed by atoms with Gasteiger partial charge in [0, 0.05) is 17.6 Å². The van der Waals surface area contributed by atoms with Gasteiger partial charge in [0.1, 0.15) is 5.82 Å². The Kier molecular flexibility index (Phi) is 4.16.